The number of nitrogens with zero attached hydrogens (tertiary/aromatic N) is 1. The molecule has 0 saturated heterocycles. The second-order valence-electron chi connectivity index (χ2n) is 3.70. The number of rotatable bonds is 3. The minimum Gasteiger partial charge on any atom is -0.373 e. The Morgan fingerprint density at radius 2 is 1.78 bits per heavy atom. The molecule has 0 fully saturated rings. The topological polar surface area (TPSA) is 24.9 Å². The number of pyridine rings is 1. The molecule has 0 aliphatic heterocycles. The lowest BCUT2D eigenvalue weighted by Gasteiger charge is -2.01. The lowest BCUT2D eigenvalue weighted by Crippen LogP contribution is -1.90. The van der Waals surface area contributed by atoms with Crippen LogP contribution in [0.25, 0.3) is 12.2 Å². The SMILES string of the molecule is CNc1ccc(/C=C/c2c(Cl)cccc2Cl)cn1. The van der Waals surface area contributed by atoms with E-state index < -0.39 is 0 Å². The Morgan fingerprint density at radius 1 is 1.06 bits per heavy atom. The Morgan fingerprint density at radius 3 is 2.33 bits per heavy atom. The fourth-order valence-corrected chi connectivity index (χ4v) is 2.02. The van der Waals surface area contributed by atoms with E-state index >= 15 is 0 Å². The van der Waals surface area contributed by atoms with E-state index in [1.807, 2.05) is 49.5 Å². The van der Waals surface area contributed by atoms with E-state index in [-0.39, 0.29) is 0 Å². The predicted octanol–water partition coefficient (Wildman–Crippen LogP) is 4.60. The fraction of sp³-hybridized carbons (Fsp3) is 0.0714. The van der Waals surface area contributed by atoms with Gasteiger partial charge in [-0.2, -0.15) is 0 Å². The Hall–Kier alpha value is -1.51. The van der Waals surface area contributed by atoms with E-state index in [4.69, 9.17) is 23.2 Å². The third kappa shape index (κ3) is 3.03. The van der Waals surface area contributed by atoms with E-state index in [2.05, 4.69) is 10.3 Å². The molecule has 4 heteroatoms. The van der Waals surface area contributed by atoms with Crippen molar-refractivity contribution in [3.63, 3.8) is 0 Å². The van der Waals surface area contributed by atoms with E-state index in [0.29, 0.717) is 10.0 Å². The normalized spacial score (nSPS) is 10.8. The van der Waals surface area contributed by atoms with Crippen LogP contribution in [0.3, 0.4) is 0 Å². The maximum Gasteiger partial charge on any atom is 0.125 e. The van der Waals surface area contributed by atoms with Crippen LogP contribution in [0.2, 0.25) is 10.0 Å². The Balaban J connectivity index is 2.24. The quantitative estimate of drug-likeness (QED) is 0.888. The molecule has 1 aromatic heterocycles. The van der Waals surface area contributed by atoms with Gasteiger partial charge in [-0.15, -0.1) is 0 Å². The number of nitrogens with one attached hydrogen (secondary N) is 1. The molecule has 18 heavy (non-hydrogen) atoms. The molecule has 2 nitrogen and oxygen atoms in total. The van der Waals surface area contributed by atoms with Gasteiger partial charge < -0.3 is 5.32 Å². The molecule has 0 amide bonds. The largest absolute Gasteiger partial charge is 0.373 e. The number of aromatic nitrogens is 1. The van der Waals surface area contributed by atoms with Gasteiger partial charge in [0.2, 0.25) is 0 Å². The molecule has 0 unspecified atom stereocenters. The highest BCUT2D eigenvalue weighted by Gasteiger charge is 2.00. The number of hydrogen-bond acceptors (Lipinski definition) is 2. The maximum absolute atomic E-state index is 6.08. The first-order valence-electron chi connectivity index (χ1n) is 5.46. The van der Waals surface area contributed by atoms with Crippen LogP contribution in [0.15, 0.2) is 36.5 Å². The zero-order valence-corrected chi connectivity index (χ0v) is 11.3. The van der Waals surface area contributed by atoms with Crippen LogP contribution < -0.4 is 5.32 Å². The maximum atomic E-state index is 6.08. The molecule has 92 valence electrons. The van der Waals surface area contributed by atoms with Gasteiger partial charge in [-0.05, 0) is 29.8 Å². The number of hydrogen-bond donors (Lipinski definition) is 1. The fourth-order valence-electron chi connectivity index (χ4n) is 1.50. The van der Waals surface area contributed by atoms with Crippen molar-refractivity contribution in [2.24, 2.45) is 0 Å². The highest BCUT2D eigenvalue weighted by atomic mass is 35.5. The van der Waals surface area contributed by atoms with E-state index in [9.17, 15) is 0 Å². The summed E-state index contributed by atoms with van der Waals surface area (Å²) in [5.74, 6) is 0.836. The molecule has 0 saturated carbocycles. The first kappa shape index (κ1) is 12.9. The second kappa shape index (κ2) is 5.89. The van der Waals surface area contributed by atoms with Gasteiger partial charge in [-0.25, -0.2) is 4.98 Å². The highest BCUT2D eigenvalue weighted by Crippen LogP contribution is 2.26. The molecule has 0 aliphatic rings. The lowest BCUT2D eigenvalue weighted by molar-refractivity contribution is 1.28. The molecule has 0 spiro atoms. The highest BCUT2D eigenvalue weighted by molar-refractivity contribution is 6.37. The molecule has 0 aliphatic carbocycles. The molecule has 0 atom stereocenters. The third-order valence-electron chi connectivity index (χ3n) is 2.48. The average molecular weight is 279 g/mol. The zero-order valence-electron chi connectivity index (χ0n) is 9.82. The van der Waals surface area contributed by atoms with Crippen molar-refractivity contribution in [3.05, 3.63) is 57.7 Å². The summed E-state index contributed by atoms with van der Waals surface area (Å²) in [6, 6.07) is 9.34. The molecular weight excluding hydrogens is 267 g/mol. The van der Waals surface area contributed by atoms with Crippen molar-refractivity contribution < 1.29 is 0 Å². The van der Waals surface area contributed by atoms with Crippen LogP contribution in [-0.2, 0) is 0 Å². The number of halogens is 2. The summed E-state index contributed by atoms with van der Waals surface area (Å²) in [5.41, 5.74) is 1.81. The standard InChI is InChI=1S/C14H12Cl2N2/c1-17-14-8-6-10(9-18-14)5-7-11-12(15)3-2-4-13(11)16/h2-9H,1H3,(H,17,18)/b7-5+. The summed E-state index contributed by atoms with van der Waals surface area (Å²) in [4.78, 5) is 4.23. The zero-order chi connectivity index (χ0) is 13.0. The third-order valence-corrected chi connectivity index (χ3v) is 3.14. The summed E-state index contributed by atoms with van der Waals surface area (Å²) in [5, 5.41) is 4.24. The van der Waals surface area contributed by atoms with Gasteiger partial charge in [0.1, 0.15) is 5.82 Å². The van der Waals surface area contributed by atoms with Crippen LogP contribution in [0.5, 0.6) is 0 Å². The Labute approximate surface area is 116 Å². The van der Waals surface area contributed by atoms with Gasteiger partial charge in [-0.3, -0.25) is 0 Å². The van der Waals surface area contributed by atoms with Gasteiger partial charge >= 0.3 is 0 Å². The van der Waals surface area contributed by atoms with Crippen molar-refractivity contribution in [1.29, 1.82) is 0 Å². The molecule has 1 N–H and O–H groups in total. The van der Waals surface area contributed by atoms with Gasteiger partial charge in [0.25, 0.3) is 0 Å². The van der Waals surface area contributed by atoms with Crippen molar-refractivity contribution >= 4 is 41.2 Å². The summed E-state index contributed by atoms with van der Waals surface area (Å²) in [6.07, 6.45) is 5.60. The van der Waals surface area contributed by atoms with Gasteiger partial charge in [0.05, 0.1) is 0 Å². The first-order valence-corrected chi connectivity index (χ1v) is 6.22. The Kier molecular flexibility index (Phi) is 4.24. The van der Waals surface area contributed by atoms with Gasteiger partial charge in [0, 0.05) is 28.9 Å². The van der Waals surface area contributed by atoms with E-state index in [1.54, 1.807) is 6.20 Å². The molecule has 0 radical (unpaired) electrons. The second-order valence-corrected chi connectivity index (χ2v) is 4.51. The van der Waals surface area contributed by atoms with Crippen LogP contribution in [-0.4, -0.2) is 12.0 Å². The van der Waals surface area contributed by atoms with E-state index in [0.717, 1.165) is 16.9 Å². The molecule has 2 rings (SSSR count). The first-order chi connectivity index (χ1) is 8.70. The minimum absolute atomic E-state index is 0.638. The Bertz CT molecular complexity index is 542. The summed E-state index contributed by atoms with van der Waals surface area (Å²) in [7, 11) is 1.83. The lowest BCUT2D eigenvalue weighted by atomic mass is 10.1. The molecule has 2 aromatic rings. The molecule has 1 aromatic carbocycles. The number of benzene rings is 1. The monoisotopic (exact) mass is 278 g/mol. The van der Waals surface area contributed by atoms with Crippen molar-refractivity contribution in [1.82, 2.24) is 4.98 Å². The van der Waals surface area contributed by atoms with Crippen molar-refractivity contribution in [3.8, 4) is 0 Å². The molecular formula is C14H12Cl2N2. The summed E-state index contributed by atoms with van der Waals surface area (Å²) in [6.45, 7) is 0. The minimum atomic E-state index is 0.638. The van der Waals surface area contributed by atoms with Gasteiger partial charge in [0.15, 0.2) is 0 Å². The predicted molar refractivity (Wildman–Crippen MR) is 79.2 cm³/mol. The summed E-state index contributed by atoms with van der Waals surface area (Å²) >= 11 is 12.2. The molecule has 1 heterocycles. The smallest absolute Gasteiger partial charge is 0.125 e. The van der Waals surface area contributed by atoms with Crippen LogP contribution in [0.4, 0.5) is 5.82 Å². The van der Waals surface area contributed by atoms with Crippen LogP contribution in [0, 0.1) is 0 Å². The van der Waals surface area contributed by atoms with E-state index in [1.165, 1.54) is 0 Å². The average Bonchev–Trinajstić information content (AvgIpc) is 2.39. The van der Waals surface area contributed by atoms with Crippen molar-refractivity contribution in [2.45, 2.75) is 0 Å². The number of anilines is 1. The summed E-state index contributed by atoms with van der Waals surface area (Å²) < 4.78 is 0. The molecule has 0 bridgehead atoms. The van der Waals surface area contributed by atoms with Crippen LogP contribution >= 0.6 is 23.2 Å². The van der Waals surface area contributed by atoms with Crippen LogP contribution in [0.1, 0.15) is 11.1 Å². The van der Waals surface area contributed by atoms with Gasteiger partial charge in [-0.1, -0.05) is 41.4 Å². The van der Waals surface area contributed by atoms with Crippen molar-refractivity contribution in [2.75, 3.05) is 12.4 Å².